The van der Waals surface area contributed by atoms with Crippen molar-refractivity contribution in [3.8, 4) is 0 Å². The Hall–Kier alpha value is -1.49. The van der Waals surface area contributed by atoms with Gasteiger partial charge in [-0.05, 0) is 12.8 Å². The van der Waals surface area contributed by atoms with Crippen LogP contribution in [0.25, 0.3) is 11.2 Å². The molecule has 0 spiro atoms. The van der Waals surface area contributed by atoms with E-state index in [1.54, 1.807) is 12.5 Å². The van der Waals surface area contributed by atoms with Crippen molar-refractivity contribution >= 4 is 11.2 Å². The molecule has 0 bridgehead atoms. The van der Waals surface area contributed by atoms with Gasteiger partial charge in [0.1, 0.15) is 11.8 Å². The van der Waals surface area contributed by atoms with Crippen LogP contribution in [-0.2, 0) is 4.74 Å². The van der Waals surface area contributed by atoms with Crippen LogP contribution in [-0.4, -0.2) is 32.7 Å². The van der Waals surface area contributed by atoms with E-state index in [-0.39, 0.29) is 0 Å². The van der Waals surface area contributed by atoms with Crippen molar-refractivity contribution in [1.82, 2.24) is 19.5 Å². The molecule has 1 unspecified atom stereocenters. The lowest BCUT2D eigenvalue weighted by molar-refractivity contribution is 0.0603. The van der Waals surface area contributed by atoms with Crippen LogP contribution in [0, 0.1) is 0 Å². The molecule has 0 radical (unpaired) electrons. The number of hydrogen-bond donors (Lipinski definition) is 0. The summed E-state index contributed by atoms with van der Waals surface area (Å²) in [6, 6.07) is 0.374. The monoisotopic (exact) mass is 204 g/mol. The van der Waals surface area contributed by atoms with Crippen molar-refractivity contribution in [1.29, 1.82) is 0 Å². The number of aromatic nitrogens is 4. The fraction of sp³-hybridized carbons (Fsp3) is 0.500. The van der Waals surface area contributed by atoms with Gasteiger partial charge in [0, 0.05) is 6.61 Å². The van der Waals surface area contributed by atoms with E-state index in [1.807, 2.05) is 6.33 Å². The van der Waals surface area contributed by atoms with Crippen molar-refractivity contribution in [3.05, 3.63) is 18.9 Å². The van der Waals surface area contributed by atoms with E-state index >= 15 is 0 Å². The molecule has 1 fully saturated rings. The van der Waals surface area contributed by atoms with Gasteiger partial charge in [0.05, 0.1) is 25.2 Å². The van der Waals surface area contributed by atoms with E-state index in [9.17, 15) is 0 Å². The summed E-state index contributed by atoms with van der Waals surface area (Å²) < 4.78 is 7.56. The van der Waals surface area contributed by atoms with Gasteiger partial charge in [-0.25, -0.2) is 15.0 Å². The molecule has 1 saturated heterocycles. The number of hydrogen-bond acceptors (Lipinski definition) is 4. The Morgan fingerprint density at radius 1 is 1.40 bits per heavy atom. The zero-order valence-electron chi connectivity index (χ0n) is 8.33. The molecule has 3 heterocycles. The number of fused-ring (bicyclic) bond motifs is 1. The summed E-state index contributed by atoms with van der Waals surface area (Å²) in [6.45, 7) is 1.63. The van der Waals surface area contributed by atoms with E-state index in [0.717, 1.165) is 37.2 Å². The van der Waals surface area contributed by atoms with Gasteiger partial charge in [-0.15, -0.1) is 0 Å². The molecule has 0 aromatic carbocycles. The first-order valence-corrected chi connectivity index (χ1v) is 5.15. The average molecular weight is 204 g/mol. The average Bonchev–Trinajstić information content (AvgIpc) is 2.74. The third kappa shape index (κ3) is 1.48. The summed E-state index contributed by atoms with van der Waals surface area (Å²) in [4.78, 5) is 12.5. The number of nitrogens with zero attached hydrogens (tertiary/aromatic N) is 4. The fourth-order valence-electron chi connectivity index (χ4n) is 2.00. The molecule has 2 aromatic heterocycles. The molecule has 5 nitrogen and oxygen atoms in total. The van der Waals surface area contributed by atoms with Crippen LogP contribution in [0.1, 0.15) is 18.9 Å². The third-order valence-corrected chi connectivity index (χ3v) is 2.77. The summed E-state index contributed by atoms with van der Waals surface area (Å²) >= 11 is 0. The molecule has 3 rings (SSSR count). The Bertz CT molecular complexity index is 461. The molecular weight excluding hydrogens is 192 g/mol. The molecule has 15 heavy (non-hydrogen) atoms. The second kappa shape index (κ2) is 3.58. The predicted molar refractivity (Wildman–Crippen MR) is 54.4 cm³/mol. The quantitative estimate of drug-likeness (QED) is 0.699. The van der Waals surface area contributed by atoms with Gasteiger partial charge in [0.2, 0.25) is 0 Å². The van der Waals surface area contributed by atoms with Crippen LogP contribution in [0.3, 0.4) is 0 Å². The lowest BCUT2D eigenvalue weighted by Gasteiger charge is -2.23. The molecule has 78 valence electrons. The van der Waals surface area contributed by atoms with Gasteiger partial charge in [0.25, 0.3) is 0 Å². The second-order valence-corrected chi connectivity index (χ2v) is 3.75. The predicted octanol–water partition coefficient (Wildman–Crippen LogP) is 1.18. The molecular formula is C10H12N4O. The van der Waals surface area contributed by atoms with Crippen LogP contribution in [0.4, 0.5) is 0 Å². The SMILES string of the molecule is c1ncc2ncn(C3CCCOC3)c2n1. The highest BCUT2D eigenvalue weighted by atomic mass is 16.5. The largest absolute Gasteiger partial charge is 0.379 e. The molecule has 0 amide bonds. The first-order valence-electron chi connectivity index (χ1n) is 5.15. The van der Waals surface area contributed by atoms with Crippen molar-refractivity contribution in [2.75, 3.05) is 13.2 Å². The zero-order chi connectivity index (χ0) is 10.1. The van der Waals surface area contributed by atoms with E-state index < -0.39 is 0 Å². The minimum atomic E-state index is 0.374. The topological polar surface area (TPSA) is 52.8 Å². The Morgan fingerprint density at radius 2 is 2.40 bits per heavy atom. The molecule has 0 saturated carbocycles. The summed E-state index contributed by atoms with van der Waals surface area (Å²) in [7, 11) is 0. The maximum Gasteiger partial charge on any atom is 0.163 e. The van der Waals surface area contributed by atoms with E-state index in [4.69, 9.17) is 4.74 Å². The standard InChI is InChI=1S/C10H12N4O/c1-2-8(5-15-3-1)14-7-13-9-4-11-6-12-10(9)14/h4,6-8H,1-3,5H2. The van der Waals surface area contributed by atoms with Gasteiger partial charge in [-0.1, -0.05) is 0 Å². The van der Waals surface area contributed by atoms with Crippen molar-refractivity contribution in [3.63, 3.8) is 0 Å². The van der Waals surface area contributed by atoms with Gasteiger partial charge in [0.15, 0.2) is 5.65 Å². The second-order valence-electron chi connectivity index (χ2n) is 3.75. The van der Waals surface area contributed by atoms with Gasteiger partial charge in [-0.2, -0.15) is 0 Å². The third-order valence-electron chi connectivity index (χ3n) is 2.77. The fourth-order valence-corrected chi connectivity index (χ4v) is 2.00. The Morgan fingerprint density at radius 3 is 3.27 bits per heavy atom. The first-order chi connectivity index (χ1) is 7.45. The normalized spacial score (nSPS) is 22.0. The summed E-state index contributed by atoms with van der Waals surface area (Å²) in [5, 5.41) is 0. The van der Waals surface area contributed by atoms with Crippen LogP contribution in [0.15, 0.2) is 18.9 Å². The summed E-state index contributed by atoms with van der Waals surface area (Å²) in [5.74, 6) is 0. The molecule has 0 aliphatic carbocycles. The molecule has 2 aromatic rings. The smallest absolute Gasteiger partial charge is 0.163 e. The maximum atomic E-state index is 5.46. The summed E-state index contributed by atoms with van der Waals surface area (Å²) in [6.07, 6.45) is 7.37. The van der Waals surface area contributed by atoms with Crippen LogP contribution in [0.5, 0.6) is 0 Å². The minimum Gasteiger partial charge on any atom is -0.379 e. The van der Waals surface area contributed by atoms with E-state index in [1.165, 1.54) is 0 Å². The van der Waals surface area contributed by atoms with Gasteiger partial charge in [-0.3, -0.25) is 0 Å². The number of ether oxygens (including phenoxy) is 1. The lowest BCUT2D eigenvalue weighted by atomic mass is 10.1. The van der Waals surface area contributed by atoms with Crippen LogP contribution >= 0.6 is 0 Å². The highest BCUT2D eigenvalue weighted by Crippen LogP contribution is 2.22. The van der Waals surface area contributed by atoms with E-state index in [2.05, 4.69) is 19.5 Å². The Labute approximate surface area is 87.1 Å². The Kier molecular flexibility index (Phi) is 2.10. The molecule has 1 aliphatic rings. The minimum absolute atomic E-state index is 0.374. The molecule has 1 atom stereocenters. The van der Waals surface area contributed by atoms with Crippen molar-refractivity contribution in [2.45, 2.75) is 18.9 Å². The van der Waals surface area contributed by atoms with Crippen molar-refractivity contribution in [2.24, 2.45) is 0 Å². The van der Waals surface area contributed by atoms with Crippen LogP contribution in [0.2, 0.25) is 0 Å². The molecule has 1 aliphatic heterocycles. The zero-order valence-corrected chi connectivity index (χ0v) is 8.33. The first kappa shape index (κ1) is 8.79. The summed E-state index contributed by atoms with van der Waals surface area (Å²) in [5.41, 5.74) is 1.75. The molecule has 0 N–H and O–H groups in total. The molecule has 5 heteroatoms. The van der Waals surface area contributed by atoms with Gasteiger partial charge >= 0.3 is 0 Å². The number of rotatable bonds is 1. The maximum absolute atomic E-state index is 5.46. The Balaban J connectivity index is 2.02. The highest BCUT2D eigenvalue weighted by molar-refractivity contribution is 5.68. The van der Waals surface area contributed by atoms with Crippen molar-refractivity contribution < 1.29 is 4.74 Å². The lowest BCUT2D eigenvalue weighted by Crippen LogP contribution is -2.20. The van der Waals surface area contributed by atoms with E-state index in [0.29, 0.717) is 6.04 Å². The van der Waals surface area contributed by atoms with Crippen LogP contribution < -0.4 is 0 Å². The highest BCUT2D eigenvalue weighted by Gasteiger charge is 2.18. The van der Waals surface area contributed by atoms with Gasteiger partial charge < -0.3 is 9.30 Å². The number of imidazole rings is 1.